The number of nitrogens with zero attached hydrogens (tertiary/aromatic N) is 1. The number of carbonyl (C=O) groups is 2. The second-order valence-electron chi connectivity index (χ2n) is 4.82. The number of para-hydroxylation sites is 1. The van der Waals surface area contributed by atoms with Crippen LogP contribution in [-0.2, 0) is 9.59 Å². The Hall–Kier alpha value is -1.79. The van der Waals surface area contributed by atoms with E-state index >= 15 is 0 Å². The number of aliphatic hydroxyl groups excluding tert-OH is 1. The van der Waals surface area contributed by atoms with Crippen molar-refractivity contribution in [1.29, 1.82) is 0 Å². The molecule has 0 saturated carbocycles. The van der Waals surface area contributed by atoms with Gasteiger partial charge in [0.2, 0.25) is 5.91 Å². The second kappa shape index (κ2) is 6.78. The number of halogens is 1. The molecule has 0 aromatic heterocycles. The number of ether oxygens (including phenoxy) is 1. The third kappa shape index (κ3) is 3.86. The lowest BCUT2D eigenvalue weighted by Gasteiger charge is -2.21. The highest BCUT2D eigenvalue weighted by molar-refractivity contribution is 6.32. The summed E-state index contributed by atoms with van der Waals surface area (Å²) >= 11 is 5.92. The summed E-state index contributed by atoms with van der Waals surface area (Å²) in [5, 5.41) is 19.0. The number of rotatable bonds is 5. The van der Waals surface area contributed by atoms with Crippen LogP contribution in [0.1, 0.15) is 12.8 Å². The van der Waals surface area contributed by atoms with Crippen molar-refractivity contribution in [2.24, 2.45) is 0 Å². The molecule has 1 aliphatic rings. The maximum absolute atomic E-state index is 12.0. The Morgan fingerprint density at radius 2 is 2.10 bits per heavy atom. The number of aliphatic hydroxyl groups is 1. The van der Waals surface area contributed by atoms with Crippen LogP contribution in [0.25, 0.3) is 0 Å². The van der Waals surface area contributed by atoms with Gasteiger partial charge in [-0.15, -0.1) is 0 Å². The maximum atomic E-state index is 12.0. The molecule has 7 heteroatoms. The van der Waals surface area contributed by atoms with Gasteiger partial charge in [0, 0.05) is 13.0 Å². The van der Waals surface area contributed by atoms with Crippen molar-refractivity contribution in [3.05, 3.63) is 29.3 Å². The summed E-state index contributed by atoms with van der Waals surface area (Å²) in [6.45, 7) is 0.142. The zero-order valence-electron chi connectivity index (χ0n) is 11.2. The van der Waals surface area contributed by atoms with Gasteiger partial charge in [0.1, 0.15) is 11.8 Å². The van der Waals surface area contributed by atoms with Crippen molar-refractivity contribution >= 4 is 23.5 Å². The van der Waals surface area contributed by atoms with E-state index in [-0.39, 0.29) is 31.9 Å². The van der Waals surface area contributed by atoms with E-state index in [9.17, 15) is 14.7 Å². The second-order valence-corrected chi connectivity index (χ2v) is 5.23. The standard InChI is InChI=1S/C14H16ClNO5/c15-10-3-1-2-4-12(10)21-6-5-13(18)16-8-9(17)7-11(16)14(19)20/h1-4,9,11,17H,5-8H2,(H,19,20)/t9-,11-/m1/s1. The Morgan fingerprint density at radius 3 is 2.76 bits per heavy atom. The van der Waals surface area contributed by atoms with Crippen molar-refractivity contribution in [1.82, 2.24) is 4.90 Å². The predicted octanol–water partition coefficient (Wildman–Crippen LogP) is 1.16. The van der Waals surface area contributed by atoms with Gasteiger partial charge in [-0.1, -0.05) is 23.7 Å². The zero-order valence-corrected chi connectivity index (χ0v) is 12.0. The lowest BCUT2D eigenvalue weighted by molar-refractivity contribution is -0.148. The van der Waals surface area contributed by atoms with E-state index < -0.39 is 18.1 Å². The molecule has 1 amide bonds. The summed E-state index contributed by atoms with van der Waals surface area (Å²) in [6.07, 6.45) is -0.701. The minimum absolute atomic E-state index is 0.0295. The van der Waals surface area contributed by atoms with Gasteiger partial charge in [-0.2, -0.15) is 0 Å². The highest BCUT2D eigenvalue weighted by atomic mass is 35.5. The topological polar surface area (TPSA) is 87.1 Å². The average Bonchev–Trinajstić information content (AvgIpc) is 2.83. The zero-order chi connectivity index (χ0) is 15.4. The van der Waals surface area contributed by atoms with Crippen LogP contribution in [-0.4, -0.2) is 52.3 Å². The summed E-state index contributed by atoms with van der Waals surface area (Å²) in [7, 11) is 0. The van der Waals surface area contributed by atoms with E-state index in [0.29, 0.717) is 10.8 Å². The smallest absolute Gasteiger partial charge is 0.326 e. The first-order valence-corrected chi connectivity index (χ1v) is 6.94. The summed E-state index contributed by atoms with van der Waals surface area (Å²) in [5.74, 6) is -0.985. The lowest BCUT2D eigenvalue weighted by Crippen LogP contribution is -2.41. The fraction of sp³-hybridized carbons (Fsp3) is 0.429. The predicted molar refractivity (Wildman–Crippen MR) is 75.3 cm³/mol. The lowest BCUT2D eigenvalue weighted by atomic mass is 10.2. The van der Waals surface area contributed by atoms with E-state index in [4.69, 9.17) is 21.4 Å². The SMILES string of the molecule is O=C(O)[C@H]1C[C@@H](O)CN1C(=O)CCOc1ccccc1Cl. The van der Waals surface area contributed by atoms with Crippen molar-refractivity contribution < 1.29 is 24.5 Å². The van der Waals surface area contributed by atoms with Crippen molar-refractivity contribution in [2.75, 3.05) is 13.2 Å². The van der Waals surface area contributed by atoms with Gasteiger partial charge < -0.3 is 19.8 Å². The van der Waals surface area contributed by atoms with Crippen LogP contribution in [0.15, 0.2) is 24.3 Å². The van der Waals surface area contributed by atoms with Crippen LogP contribution in [0.2, 0.25) is 5.02 Å². The molecule has 21 heavy (non-hydrogen) atoms. The van der Waals surface area contributed by atoms with Crippen LogP contribution >= 0.6 is 11.6 Å². The van der Waals surface area contributed by atoms with Crippen LogP contribution in [0.5, 0.6) is 5.75 Å². The van der Waals surface area contributed by atoms with Gasteiger partial charge in [0.05, 0.1) is 24.2 Å². The summed E-state index contributed by atoms with van der Waals surface area (Å²) < 4.78 is 5.40. The number of β-amino-alcohol motifs (C(OH)–C–C–N with tert-alkyl or cyclic N) is 1. The Morgan fingerprint density at radius 1 is 1.38 bits per heavy atom. The largest absolute Gasteiger partial charge is 0.491 e. The molecule has 2 rings (SSSR count). The van der Waals surface area contributed by atoms with Crippen molar-refractivity contribution in [3.63, 3.8) is 0 Å². The van der Waals surface area contributed by atoms with E-state index in [1.54, 1.807) is 24.3 Å². The first kappa shape index (κ1) is 15.6. The van der Waals surface area contributed by atoms with Crippen LogP contribution in [0.3, 0.4) is 0 Å². The highest BCUT2D eigenvalue weighted by Crippen LogP contribution is 2.23. The quantitative estimate of drug-likeness (QED) is 0.851. The van der Waals surface area contributed by atoms with E-state index in [0.717, 1.165) is 0 Å². The van der Waals surface area contributed by atoms with Gasteiger partial charge in [-0.05, 0) is 12.1 Å². The fourth-order valence-electron chi connectivity index (χ4n) is 2.28. The van der Waals surface area contributed by atoms with Crippen LogP contribution < -0.4 is 4.74 Å². The summed E-state index contributed by atoms with van der Waals surface area (Å²) in [5.41, 5.74) is 0. The van der Waals surface area contributed by atoms with Crippen LogP contribution in [0, 0.1) is 0 Å². The van der Waals surface area contributed by atoms with E-state index in [2.05, 4.69) is 0 Å². The first-order valence-electron chi connectivity index (χ1n) is 6.56. The molecule has 1 saturated heterocycles. The van der Waals surface area contributed by atoms with Crippen LogP contribution in [0.4, 0.5) is 0 Å². The van der Waals surface area contributed by atoms with Gasteiger partial charge >= 0.3 is 5.97 Å². The minimum atomic E-state index is -1.10. The molecule has 1 aromatic rings. The molecule has 114 valence electrons. The Bertz CT molecular complexity index is 536. The number of amides is 1. The van der Waals surface area contributed by atoms with E-state index in [1.165, 1.54) is 4.90 Å². The number of likely N-dealkylation sites (tertiary alicyclic amines) is 1. The summed E-state index contributed by atoms with van der Waals surface area (Å²) in [4.78, 5) is 24.3. The number of carbonyl (C=O) groups excluding carboxylic acids is 1. The molecule has 0 spiro atoms. The number of carboxylic acids is 1. The van der Waals surface area contributed by atoms with E-state index in [1.807, 2.05) is 0 Å². The third-order valence-electron chi connectivity index (χ3n) is 3.29. The number of carboxylic acid groups (broad SMARTS) is 1. The van der Waals surface area contributed by atoms with Gasteiger partial charge in [0.15, 0.2) is 0 Å². The Labute approximate surface area is 126 Å². The molecule has 0 radical (unpaired) electrons. The molecule has 1 fully saturated rings. The highest BCUT2D eigenvalue weighted by Gasteiger charge is 2.38. The third-order valence-corrected chi connectivity index (χ3v) is 3.61. The normalized spacial score (nSPS) is 21.3. The number of hydrogen-bond donors (Lipinski definition) is 2. The van der Waals surface area contributed by atoms with Crippen molar-refractivity contribution in [3.8, 4) is 5.75 Å². The molecule has 0 unspecified atom stereocenters. The maximum Gasteiger partial charge on any atom is 0.326 e. The molecule has 1 heterocycles. The Kier molecular flexibility index (Phi) is 5.03. The first-order chi connectivity index (χ1) is 9.99. The minimum Gasteiger partial charge on any atom is -0.491 e. The number of benzene rings is 1. The van der Waals surface area contributed by atoms with Gasteiger partial charge in [-0.3, -0.25) is 4.79 Å². The molecule has 1 aromatic carbocycles. The number of aliphatic carboxylic acids is 1. The van der Waals surface area contributed by atoms with Crippen molar-refractivity contribution in [2.45, 2.75) is 25.0 Å². The van der Waals surface area contributed by atoms with Gasteiger partial charge in [0.25, 0.3) is 0 Å². The molecular formula is C14H16ClNO5. The summed E-state index contributed by atoms with van der Waals surface area (Å²) in [6, 6.07) is 5.93. The van der Waals surface area contributed by atoms with Gasteiger partial charge in [-0.25, -0.2) is 4.79 Å². The molecule has 0 bridgehead atoms. The molecule has 2 atom stereocenters. The monoisotopic (exact) mass is 313 g/mol. The Balaban J connectivity index is 1.87. The molecule has 0 aliphatic carbocycles. The molecule has 1 aliphatic heterocycles. The number of hydrogen-bond acceptors (Lipinski definition) is 4. The average molecular weight is 314 g/mol. The molecule has 2 N–H and O–H groups in total. The molecule has 6 nitrogen and oxygen atoms in total. The fourth-order valence-corrected chi connectivity index (χ4v) is 2.47. The molecular weight excluding hydrogens is 298 g/mol.